The number of rotatable bonds is 1. The maximum Gasteiger partial charge on any atom is 0.211 e. The normalized spacial score (nSPS) is 29.9. The van der Waals surface area contributed by atoms with Crippen molar-refractivity contribution in [3.63, 3.8) is 0 Å². The van der Waals surface area contributed by atoms with Gasteiger partial charge in [-0.15, -0.1) is 0 Å². The van der Waals surface area contributed by atoms with Gasteiger partial charge in [0.1, 0.15) is 6.10 Å². The minimum absolute atomic E-state index is 0.130. The summed E-state index contributed by atoms with van der Waals surface area (Å²) in [6.07, 6.45) is 4.35. The molecule has 98 valence electrons. The molecular formula is C14H10ClIO3. The van der Waals surface area contributed by atoms with Crippen molar-refractivity contribution in [2.24, 2.45) is 0 Å². The van der Waals surface area contributed by atoms with Crippen LogP contribution in [0.5, 0.6) is 0 Å². The van der Waals surface area contributed by atoms with Crippen molar-refractivity contribution >= 4 is 40.0 Å². The van der Waals surface area contributed by atoms with Crippen molar-refractivity contribution in [3.05, 3.63) is 56.7 Å². The first-order chi connectivity index (χ1) is 9.08. The SMILES string of the molecule is O=C1C=C[C@]2(C=C1Cl)OC[C@@H](c1cccc(I)c1)O2. The lowest BCUT2D eigenvalue weighted by Gasteiger charge is -2.23. The van der Waals surface area contributed by atoms with Crippen LogP contribution in [0.2, 0.25) is 0 Å². The van der Waals surface area contributed by atoms with Gasteiger partial charge in [-0.2, -0.15) is 0 Å². The number of ketones is 1. The zero-order chi connectivity index (χ0) is 13.5. The van der Waals surface area contributed by atoms with E-state index in [1.54, 1.807) is 6.08 Å². The molecule has 1 aliphatic heterocycles. The fraction of sp³-hybridized carbons (Fsp3) is 0.214. The molecule has 3 nitrogen and oxygen atoms in total. The number of halogens is 2. The Balaban J connectivity index is 1.85. The van der Waals surface area contributed by atoms with Crippen molar-refractivity contribution in [1.29, 1.82) is 0 Å². The molecular weight excluding hydrogens is 379 g/mol. The third-order valence-electron chi connectivity index (χ3n) is 3.04. The topological polar surface area (TPSA) is 35.5 Å². The quantitative estimate of drug-likeness (QED) is 0.692. The molecule has 0 radical (unpaired) electrons. The van der Waals surface area contributed by atoms with Gasteiger partial charge in [0, 0.05) is 9.65 Å². The molecule has 1 aromatic rings. The van der Waals surface area contributed by atoms with Gasteiger partial charge in [-0.05, 0) is 52.4 Å². The molecule has 2 aliphatic rings. The van der Waals surface area contributed by atoms with E-state index in [2.05, 4.69) is 28.7 Å². The van der Waals surface area contributed by atoms with E-state index in [0.29, 0.717) is 6.61 Å². The number of hydrogen-bond acceptors (Lipinski definition) is 3. The molecule has 0 amide bonds. The van der Waals surface area contributed by atoms with Crippen LogP contribution in [-0.4, -0.2) is 18.2 Å². The van der Waals surface area contributed by atoms with Gasteiger partial charge in [-0.3, -0.25) is 4.79 Å². The van der Waals surface area contributed by atoms with Crippen molar-refractivity contribution in [1.82, 2.24) is 0 Å². The Hall–Kier alpha value is -0.690. The largest absolute Gasteiger partial charge is 0.340 e. The summed E-state index contributed by atoms with van der Waals surface area (Å²) in [5.74, 6) is -1.23. The maximum atomic E-state index is 11.3. The second-order valence-corrected chi connectivity index (χ2v) is 6.04. The Labute approximate surface area is 129 Å². The molecule has 0 N–H and O–H groups in total. The average molecular weight is 389 g/mol. The molecule has 2 atom stereocenters. The van der Waals surface area contributed by atoms with Crippen molar-refractivity contribution in [2.75, 3.05) is 6.61 Å². The van der Waals surface area contributed by atoms with Gasteiger partial charge < -0.3 is 9.47 Å². The smallest absolute Gasteiger partial charge is 0.211 e. The van der Waals surface area contributed by atoms with Crippen molar-refractivity contribution < 1.29 is 14.3 Å². The summed E-state index contributed by atoms with van der Waals surface area (Å²) in [4.78, 5) is 11.3. The van der Waals surface area contributed by atoms with E-state index in [1.807, 2.05) is 18.2 Å². The summed E-state index contributed by atoms with van der Waals surface area (Å²) >= 11 is 8.11. The van der Waals surface area contributed by atoms with Gasteiger partial charge in [0.05, 0.1) is 11.6 Å². The predicted molar refractivity (Wildman–Crippen MR) is 79.8 cm³/mol. The number of allylic oxidation sites excluding steroid dienone is 2. The summed E-state index contributed by atoms with van der Waals surface area (Å²) in [7, 11) is 0. The Morgan fingerprint density at radius 1 is 1.42 bits per heavy atom. The third-order valence-corrected chi connectivity index (χ3v) is 4.00. The number of ether oxygens (including phenoxy) is 2. The van der Waals surface area contributed by atoms with E-state index in [-0.39, 0.29) is 16.9 Å². The van der Waals surface area contributed by atoms with Gasteiger partial charge in [-0.25, -0.2) is 0 Å². The summed E-state index contributed by atoms with van der Waals surface area (Å²) in [6, 6.07) is 8.05. The zero-order valence-corrected chi connectivity index (χ0v) is 12.7. The predicted octanol–water partition coefficient (Wildman–Crippen LogP) is 3.34. The van der Waals surface area contributed by atoms with Gasteiger partial charge in [0.2, 0.25) is 5.79 Å². The van der Waals surface area contributed by atoms with Crippen LogP contribution in [0.25, 0.3) is 0 Å². The van der Waals surface area contributed by atoms with Crippen LogP contribution in [0.4, 0.5) is 0 Å². The standard InChI is InChI=1S/C14H10ClIO3/c15-11-7-14(5-4-12(11)17)18-8-13(19-14)9-2-1-3-10(16)6-9/h1-7,13H,8H2/t13-,14-/m0/s1. The molecule has 0 bridgehead atoms. The third kappa shape index (κ3) is 2.63. The second kappa shape index (κ2) is 5.01. The lowest BCUT2D eigenvalue weighted by Crippen LogP contribution is -2.28. The van der Waals surface area contributed by atoms with Gasteiger partial charge in [0.15, 0.2) is 5.78 Å². The highest BCUT2D eigenvalue weighted by atomic mass is 127. The number of benzene rings is 1. The van der Waals surface area contributed by atoms with E-state index in [1.165, 1.54) is 12.2 Å². The Bertz CT molecular complexity index is 596. The van der Waals surface area contributed by atoms with Crippen LogP contribution in [-0.2, 0) is 14.3 Å². The summed E-state index contributed by atoms with van der Waals surface area (Å²) < 4.78 is 12.7. The molecule has 0 aromatic heterocycles. The van der Waals surface area contributed by atoms with Crippen LogP contribution >= 0.6 is 34.2 Å². The molecule has 1 fully saturated rings. The molecule has 3 rings (SSSR count). The van der Waals surface area contributed by atoms with E-state index < -0.39 is 5.79 Å². The lowest BCUT2D eigenvalue weighted by atomic mass is 10.1. The van der Waals surface area contributed by atoms with E-state index in [9.17, 15) is 4.79 Å². The minimum Gasteiger partial charge on any atom is -0.340 e. The van der Waals surface area contributed by atoms with E-state index in [4.69, 9.17) is 21.1 Å². The van der Waals surface area contributed by atoms with Gasteiger partial charge >= 0.3 is 0 Å². The van der Waals surface area contributed by atoms with Gasteiger partial charge in [0.25, 0.3) is 0 Å². The number of hydrogen-bond donors (Lipinski definition) is 0. The highest BCUT2D eigenvalue weighted by Crippen LogP contribution is 2.38. The fourth-order valence-electron chi connectivity index (χ4n) is 2.10. The molecule has 1 spiro atoms. The van der Waals surface area contributed by atoms with Crippen LogP contribution < -0.4 is 0 Å². The van der Waals surface area contributed by atoms with Crippen molar-refractivity contribution in [2.45, 2.75) is 11.9 Å². The molecule has 1 aromatic carbocycles. The summed E-state index contributed by atoms with van der Waals surface area (Å²) in [5.41, 5.74) is 1.05. The van der Waals surface area contributed by atoms with E-state index >= 15 is 0 Å². The first-order valence-corrected chi connectivity index (χ1v) is 7.23. The van der Waals surface area contributed by atoms with Crippen molar-refractivity contribution in [3.8, 4) is 0 Å². The Kier molecular flexibility index (Phi) is 3.51. The minimum atomic E-state index is -1.00. The highest BCUT2D eigenvalue weighted by Gasteiger charge is 2.41. The van der Waals surface area contributed by atoms with Crippen LogP contribution in [0.15, 0.2) is 47.5 Å². The van der Waals surface area contributed by atoms with Crippen LogP contribution in [0.1, 0.15) is 11.7 Å². The molecule has 1 aliphatic carbocycles. The first-order valence-electron chi connectivity index (χ1n) is 5.77. The number of carbonyl (C=O) groups excluding carboxylic acids is 1. The lowest BCUT2D eigenvalue weighted by molar-refractivity contribution is -0.114. The van der Waals surface area contributed by atoms with Crippen LogP contribution in [0.3, 0.4) is 0 Å². The van der Waals surface area contributed by atoms with Crippen LogP contribution in [0, 0.1) is 3.57 Å². The maximum absolute atomic E-state index is 11.3. The Morgan fingerprint density at radius 2 is 2.26 bits per heavy atom. The van der Waals surface area contributed by atoms with Gasteiger partial charge in [-0.1, -0.05) is 23.7 Å². The molecule has 1 saturated heterocycles. The molecule has 19 heavy (non-hydrogen) atoms. The highest BCUT2D eigenvalue weighted by molar-refractivity contribution is 14.1. The second-order valence-electron chi connectivity index (χ2n) is 4.38. The fourth-order valence-corrected chi connectivity index (χ4v) is 2.88. The zero-order valence-electron chi connectivity index (χ0n) is 9.81. The summed E-state index contributed by atoms with van der Waals surface area (Å²) in [5, 5.41) is 0.130. The molecule has 1 heterocycles. The molecule has 0 saturated carbocycles. The number of carbonyl (C=O) groups is 1. The molecule has 5 heteroatoms. The monoisotopic (exact) mass is 388 g/mol. The molecule has 0 unspecified atom stereocenters. The van der Waals surface area contributed by atoms with E-state index in [0.717, 1.165) is 9.13 Å². The first kappa shape index (κ1) is 13.3. The average Bonchev–Trinajstić information content (AvgIpc) is 2.79. The Morgan fingerprint density at radius 3 is 3.00 bits per heavy atom. The summed E-state index contributed by atoms with van der Waals surface area (Å²) in [6.45, 7) is 0.430.